The molecule has 1 aliphatic heterocycles. The van der Waals surface area contributed by atoms with Crippen LogP contribution < -0.4 is 14.8 Å². The maximum Gasteiger partial charge on any atom is 0.278 e. The molecule has 1 atom stereocenters. The first-order valence-electron chi connectivity index (χ1n) is 7.60. The Kier molecular flexibility index (Phi) is 4.50. The van der Waals surface area contributed by atoms with Crippen LogP contribution in [-0.4, -0.2) is 36.3 Å². The molecule has 1 aromatic carbocycles. The monoisotopic (exact) mass is 287 g/mol. The van der Waals surface area contributed by atoms with Gasteiger partial charge >= 0.3 is 0 Å². The highest BCUT2D eigenvalue weighted by Crippen LogP contribution is 2.26. The third-order valence-corrected chi connectivity index (χ3v) is 3.64. The van der Waals surface area contributed by atoms with E-state index in [1.807, 2.05) is 31.2 Å². The van der Waals surface area contributed by atoms with Crippen LogP contribution in [0.15, 0.2) is 24.3 Å². The van der Waals surface area contributed by atoms with Crippen LogP contribution in [0.5, 0.6) is 11.8 Å². The van der Waals surface area contributed by atoms with Crippen LogP contribution in [0.4, 0.5) is 0 Å². The molecule has 21 heavy (non-hydrogen) atoms. The third kappa shape index (κ3) is 3.42. The zero-order chi connectivity index (χ0) is 14.5. The maximum atomic E-state index is 5.90. The molecule has 2 heterocycles. The van der Waals surface area contributed by atoms with E-state index < -0.39 is 0 Å². The molecule has 112 valence electrons. The molecule has 5 nitrogen and oxygen atoms in total. The van der Waals surface area contributed by atoms with E-state index in [4.69, 9.17) is 9.47 Å². The van der Waals surface area contributed by atoms with Gasteiger partial charge < -0.3 is 14.8 Å². The topological polar surface area (TPSA) is 56.3 Å². The van der Waals surface area contributed by atoms with Gasteiger partial charge in [0, 0.05) is 12.5 Å². The van der Waals surface area contributed by atoms with Gasteiger partial charge in [0.2, 0.25) is 0 Å². The minimum absolute atomic E-state index is 0.486. The molecule has 1 saturated heterocycles. The third-order valence-electron chi connectivity index (χ3n) is 3.64. The molecule has 0 bridgehead atoms. The second-order valence-corrected chi connectivity index (χ2v) is 5.28. The Bertz CT molecular complexity index is 597. The molecular weight excluding hydrogens is 266 g/mol. The molecule has 3 rings (SSSR count). The second-order valence-electron chi connectivity index (χ2n) is 5.28. The van der Waals surface area contributed by atoms with E-state index in [0.717, 1.165) is 24.1 Å². The Morgan fingerprint density at radius 1 is 1.14 bits per heavy atom. The number of fused-ring (bicyclic) bond motifs is 1. The summed E-state index contributed by atoms with van der Waals surface area (Å²) in [6.45, 7) is 5.25. The Morgan fingerprint density at radius 2 is 1.86 bits per heavy atom. The van der Waals surface area contributed by atoms with Crippen molar-refractivity contribution in [3.8, 4) is 11.8 Å². The lowest BCUT2D eigenvalue weighted by Gasteiger charge is -2.22. The van der Waals surface area contributed by atoms with Crippen LogP contribution in [-0.2, 0) is 0 Å². The van der Waals surface area contributed by atoms with Crippen molar-refractivity contribution < 1.29 is 9.47 Å². The summed E-state index contributed by atoms with van der Waals surface area (Å²) in [6, 6.07) is 7.76. The van der Waals surface area contributed by atoms with Gasteiger partial charge in [-0.15, -0.1) is 0 Å². The molecule has 0 aliphatic carbocycles. The normalized spacial score (nSPS) is 18.6. The van der Waals surface area contributed by atoms with E-state index in [9.17, 15) is 0 Å². The number of hydrogen-bond acceptors (Lipinski definition) is 5. The van der Waals surface area contributed by atoms with Crippen LogP contribution in [0, 0.1) is 5.92 Å². The van der Waals surface area contributed by atoms with Gasteiger partial charge in [-0.05, 0) is 38.4 Å². The first-order valence-corrected chi connectivity index (χ1v) is 7.60. The molecule has 1 aromatic heterocycles. The Hall–Kier alpha value is -1.88. The number of rotatable bonds is 5. The van der Waals surface area contributed by atoms with Crippen LogP contribution in [0.25, 0.3) is 11.0 Å². The fraction of sp³-hybridized carbons (Fsp3) is 0.500. The van der Waals surface area contributed by atoms with Crippen molar-refractivity contribution in [3.63, 3.8) is 0 Å². The highest BCUT2D eigenvalue weighted by molar-refractivity contribution is 5.75. The predicted molar refractivity (Wildman–Crippen MR) is 81.8 cm³/mol. The van der Waals surface area contributed by atoms with Gasteiger partial charge in [-0.2, -0.15) is 0 Å². The second kappa shape index (κ2) is 6.72. The first-order chi connectivity index (χ1) is 10.4. The molecule has 0 saturated carbocycles. The number of ether oxygens (including phenoxy) is 2. The molecule has 5 heteroatoms. The van der Waals surface area contributed by atoms with Crippen LogP contribution in [0.2, 0.25) is 0 Å². The van der Waals surface area contributed by atoms with Crippen molar-refractivity contribution in [1.82, 2.24) is 15.3 Å². The van der Waals surface area contributed by atoms with Crippen molar-refractivity contribution in [2.24, 2.45) is 5.92 Å². The minimum Gasteiger partial charge on any atom is -0.474 e. The summed E-state index contributed by atoms with van der Waals surface area (Å²) in [5.41, 5.74) is 1.66. The van der Waals surface area contributed by atoms with Gasteiger partial charge in [-0.3, -0.25) is 0 Å². The lowest BCUT2D eigenvalue weighted by Crippen LogP contribution is -2.33. The van der Waals surface area contributed by atoms with Gasteiger partial charge in [-0.25, -0.2) is 9.97 Å². The van der Waals surface area contributed by atoms with Crippen molar-refractivity contribution in [3.05, 3.63) is 24.3 Å². The van der Waals surface area contributed by atoms with Crippen molar-refractivity contribution in [1.29, 1.82) is 0 Å². The van der Waals surface area contributed by atoms with Gasteiger partial charge in [0.25, 0.3) is 11.8 Å². The summed E-state index contributed by atoms with van der Waals surface area (Å²) in [4.78, 5) is 9.05. The number of nitrogens with zero attached hydrogens (tertiary/aromatic N) is 2. The number of hydrogen-bond donors (Lipinski definition) is 1. The standard InChI is InChI=1S/C16H21N3O2/c1-2-20-15-16(21-11-12-6-5-9-17-10-12)19-14-8-4-3-7-13(14)18-15/h3-4,7-8,12,17H,2,5-6,9-11H2,1H3/t12-/m0/s1. The summed E-state index contributed by atoms with van der Waals surface area (Å²) >= 11 is 0. The van der Waals surface area contributed by atoms with Crippen molar-refractivity contribution in [2.75, 3.05) is 26.3 Å². The maximum absolute atomic E-state index is 5.90. The smallest absolute Gasteiger partial charge is 0.278 e. The Balaban J connectivity index is 1.79. The first kappa shape index (κ1) is 14.1. The van der Waals surface area contributed by atoms with Crippen LogP contribution in [0.3, 0.4) is 0 Å². The van der Waals surface area contributed by atoms with E-state index in [2.05, 4.69) is 15.3 Å². The van der Waals surface area contributed by atoms with E-state index >= 15 is 0 Å². The predicted octanol–water partition coefficient (Wildman–Crippen LogP) is 2.41. The summed E-state index contributed by atoms with van der Waals surface area (Å²) in [5.74, 6) is 1.52. The minimum atomic E-state index is 0.486. The SMILES string of the molecule is CCOc1nc2ccccc2nc1OC[C@H]1CCCNC1. The molecule has 0 amide bonds. The van der Waals surface area contributed by atoms with Gasteiger partial charge in [0.05, 0.1) is 24.2 Å². The summed E-state index contributed by atoms with van der Waals surface area (Å²) in [7, 11) is 0. The average Bonchev–Trinajstić information content (AvgIpc) is 2.54. The number of para-hydroxylation sites is 2. The fourth-order valence-electron chi connectivity index (χ4n) is 2.56. The Morgan fingerprint density at radius 3 is 2.48 bits per heavy atom. The zero-order valence-corrected chi connectivity index (χ0v) is 12.3. The largest absolute Gasteiger partial charge is 0.474 e. The van der Waals surface area contributed by atoms with E-state index in [-0.39, 0.29) is 0 Å². The molecule has 1 N–H and O–H groups in total. The van der Waals surface area contributed by atoms with Gasteiger partial charge in [0.15, 0.2) is 0 Å². The quantitative estimate of drug-likeness (QED) is 0.915. The molecular formula is C16H21N3O2. The van der Waals surface area contributed by atoms with Gasteiger partial charge in [0.1, 0.15) is 0 Å². The summed E-state index contributed by atoms with van der Waals surface area (Å²) in [5, 5.41) is 3.39. The average molecular weight is 287 g/mol. The van der Waals surface area contributed by atoms with E-state index in [0.29, 0.717) is 30.9 Å². The van der Waals surface area contributed by atoms with Gasteiger partial charge in [-0.1, -0.05) is 12.1 Å². The molecule has 0 spiro atoms. The van der Waals surface area contributed by atoms with Crippen LogP contribution >= 0.6 is 0 Å². The molecule has 1 fully saturated rings. The zero-order valence-electron chi connectivity index (χ0n) is 12.3. The summed E-state index contributed by atoms with van der Waals surface area (Å²) < 4.78 is 11.5. The highest BCUT2D eigenvalue weighted by Gasteiger charge is 2.17. The van der Waals surface area contributed by atoms with Crippen molar-refractivity contribution >= 4 is 11.0 Å². The summed E-state index contributed by atoms with van der Waals surface area (Å²) in [6.07, 6.45) is 2.40. The van der Waals surface area contributed by atoms with Crippen molar-refractivity contribution in [2.45, 2.75) is 19.8 Å². The number of piperidine rings is 1. The number of aromatic nitrogens is 2. The lowest BCUT2D eigenvalue weighted by atomic mass is 10.0. The van der Waals surface area contributed by atoms with E-state index in [1.165, 1.54) is 12.8 Å². The molecule has 0 radical (unpaired) electrons. The molecule has 1 aliphatic rings. The molecule has 2 aromatic rings. The fourth-order valence-corrected chi connectivity index (χ4v) is 2.56. The lowest BCUT2D eigenvalue weighted by molar-refractivity contribution is 0.199. The van der Waals surface area contributed by atoms with E-state index in [1.54, 1.807) is 0 Å². The number of nitrogens with one attached hydrogen (secondary N) is 1. The highest BCUT2D eigenvalue weighted by atomic mass is 16.5. The molecule has 0 unspecified atom stereocenters. The van der Waals surface area contributed by atoms with Crippen LogP contribution in [0.1, 0.15) is 19.8 Å². The number of benzene rings is 1. The Labute approximate surface area is 124 Å².